The third-order valence-corrected chi connectivity index (χ3v) is 2.22. The lowest BCUT2D eigenvalue weighted by atomic mass is 10.0. The molecule has 2 atom stereocenters. The highest BCUT2D eigenvalue weighted by Crippen LogP contribution is 2.19. The van der Waals surface area contributed by atoms with Crippen LogP contribution in [0.2, 0.25) is 0 Å². The molecule has 0 amide bonds. The molecule has 2 N–H and O–H groups in total. The highest BCUT2D eigenvalue weighted by atomic mass is 16.6. The maximum absolute atomic E-state index is 8.77. The van der Waals surface area contributed by atoms with Crippen LogP contribution in [0.3, 0.4) is 0 Å². The van der Waals surface area contributed by atoms with Gasteiger partial charge in [-0.2, -0.15) is 0 Å². The zero-order valence-corrected chi connectivity index (χ0v) is 10.5. The molecule has 1 aliphatic rings. The van der Waals surface area contributed by atoms with Gasteiger partial charge in [0.2, 0.25) is 0 Å². The average Bonchev–Trinajstić information content (AvgIpc) is 2.66. The molecule has 0 radical (unpaired) electrons. The maximum atomic E-state index is 8.77. The Kier molecular flexibility index (Phi) is 7.35. The van der Waals surface area contributed by atoms with Crippen molar-refractivity contribution < 1.29 is 19.7 Å². The van der Waals surface area contributed by atoms with Gasteiger partial charge in [-0.25, -0.2) is 0 Å². The van der Waals surface area contributed by atoms with Gasteiger partial charge < -0.3 is 19.7 Å². The predicted octanol–water partition coefficient (Wildman–Crippen LogP) is 0.768. The maximum Gasteiger partial charge on any atom is 0.159 e. The van der Waals surface area contributed by atoms with Gasteiger partial charge in [0.15, 0.2) is 5.79 Å². The summed E-state index contributed by atoms with van der Waals surface area (Å²) in [5.74, 6) is 5.14. The Morgan fingerprint density at radius 2 is 2.06 bits per heavy atom. The van der Waals surface area contributed by atoms with Gasteiger partial charge in [-0.15, -0.1) is 5.92 Å². The quantitative estimate of drug-likeness (QED) is 0.543. The molecule has 2 unspecified atom stereocenters. The molecule has 1 saturated heterocycles. The summed E-state index contributed by atoms with van der Waals surface area (Å²) >= 11 is 0. The molecule has 1 heterocycles. The number of methoxy groups -OCH3 is 1. The van der Waals surface area contributed by atoms with E-state index in [0.29, 0.717) is 0 Å². The topological polar surface area (TPSA) is 58.9 Å². The molecule has 0 spiro atoms. The zero-order valence-electron chi connectivity index (χ0n) is 10.5. The molecule has 0 aromatic carbocycles. The summed E-state index contributed by atoms with van der Waals surface area (Å²) in [7, 11) is 1.46. The first kappa shape index (κ1) is 15.4. The lowest BCUT2D eigenvalue weighted by Crippen LogP contribution is -2.20. The van der Waals surface area contributed by atoms with E-state index in [0.717, 1.165) is 13.0 Å². The van der Waals surface area contributed by atoms with Gasteiger partial charge in [0.1, 0.15) is 0 Å². The predicted molar refractivity (Wildman–Crippen MR) is 61.7 cm³/mol. The normalized spacial score (nSPS) is 24.1. The van der Waals surface area contributed by atoms with Gasteiger partial charge in [-0.05, 0) is 27.2 Å². The molecule has 0 aliphatic carbocycles. The summed E-state index contributed by atoms with van der Waals surface area (Å²) in [5.41, 5.74) is 0. The van der Waals surface area contributed by atoms with E-state index in [4.69, 9.17) is 14.9 Å². The number of hydrogen-bond acceptors (Lipinski definition) is 4. The molecule has 94 valence electrons. The van der Waals surface area contributed by atoms with Crippen LogP contribution in [0.5, 0.6) is 0 Å². The Morgan fingerprint density at radius 3 is 2.44 bits per heavy atom. The van der Waals surface area contributed by atoms with Crippen LogP contribution in [0.25, 0.3) is 0 Å². The second-order valence-corrected chi connectivity index (χ2v) is 4.03. The van der Waals surface area contributed by atoms with E-state index in [1.807, 2.05) is 6.92 Å². The third-order valence-electron chi connectivity index (χ3n) is 2.22. The molecule has 1 fully saturated rings. The summed E-state index contributed by atoms with van der Waals surface area (Å²) in [6, 6.07) is 0. The molecule has 0 aromatic heterocycles. The molecular formula is C12H22O4. The smallest absolute Gasteiger partial charge is 0.159 e. The first-order chi connectivity index (χ1) is 7.44. The summed E-state index contributed by atoms with van der Waals surface area (Å²) in [6.45, 7) is 5.80. The van der Waals surface area contributed by atoms with Crippen LogP contribution in [0.15, 0.2) is 0 Å². The number of rotatable bonds is 2. The molecule has 16 heavy (non-hydrogen) atoms. The first-order valence-electron chi connectivity index (χ1n) is 5.37. The SMILES string of the molecule is CC#CC1CCOC1CO.COC(C)(C)O. The summed E-state index contributed by atoms with van der Waals surface area (Å²) in [6.07, 6.45) is 0.930. The van der Waals surface area contributed by atoms with Gasteiger partial charge in [0.05, 0.1) is 18.6 Å². The molecular weight excluding hydrogens is 208 g/mol. The largest absolute Gasteiger partial charge is 0.394 e. The number of aliphatic hydroxyl groups excluding tert-OH is 1. The minimum absolute atomic E-state index is 0.0348. The summed E-state index contributed by atoms with van der Waals surface area (Å²) < 4.78 is 9.71. The van der Waals surface area contributed by atoms with Crippen LogP contribution in [-0.2, 0) is 9.47 Å². The molecule has 4 heteroatoms. The Labute approximate surface area is 97.6 Å². The van der Waals surface area contributed by atoms with E-state index in [-0.39, 0.29) is 18.6 Å². The van der Waals surface area contributed by atoms with Crippen LogP contribution in [0.1, 0.15) is 27.2 Å². The van der Waals surface area contributed by atoms with Crippen molar-refractivity contribution >= 4 is 0 Å². The monoisotopic (exact) mass is 230 g/mol. The van der Waals surface area contributed by atoms with Crippen LogP contribution >= 0.6 is 0 Å². The van der Waals surface area contributed by atoms with Gasteiger partial charge in [0.25, 0.3) is 0 Å². The van der Waals surface area contributed by atoms with E-state index >= 15 is 0 Å². The van der Waals surface area contributed by atoms with E-state index in [1.165, 1.54) is 7.11 Å². The van der Waals surface area contributed by atoms with Gasteiger partial charge in [-0.1, -0.05) is 5.92 Å². The fourth-order valence-corrected chi connectivity index (χ4v) is 1.18. The third kappa shape index (κ3) is 6.81. The Balaban J connectivity index is 0.000000325. The van der Waals surface area contributed by atoms with E-state index < -0.39 is 5.79 Å². The van der Waals surface area contributed by atoms with Gasteiger partial charge in [-0.3, -0.25) is 0 Å². The Morgan fingerprint density at radius 1 is 1.50 bits per heavy atom. The second-order valence-electron chi connectivity index (χ2n) is 4.03. The van der Waals surface area contributed by atoms with Crippen molar-refractivity contribution in [1.82, 2.24) is 0 Å². The number of hydrogen-bond donors (Lipinski definition) is 2. The van der Waals surface area contributed by atoms with Crippen molar-refractivity contribution in [2.75, 3.05) is 20.3 Å². The second kappa shape index (κ2) is 7.64. The van der Waals surface area contributed by atoms with Crippen LogP contribution in [0, 0.1) is 17.8 Å². The Bertz CT molecular complexity index is 234. The summed E-state index contributed by atoms with van der Waals surface area (Å²) in [4.78, 5) is 0. The van der Waals surface area contributed by atoms with Crippen molar-refractivity contribution in [2.45, 2.75) is 39.1 Å². The van der Waals surface area contributed by atoms with Crippen LogP contribution in [0.4, 0.5) is 0 Å². The molecule has 0 saturated carbocycles. The zero-order chi connectivity index (χ0) is 12.6. The highest BCUT2D eigenvalue weighted by Gasteiger charge is 2.25. The van der Waals surface area contributed by atoms with E-state index in [1.54, 1.807) is 13.8 Å². The molecule has 1 rings (SSSR count). The van der Waals surface area contributed by atoms with Crippen LogP contribution < -0.4 is 0 Å². The fraction of sp³-hybridized carbons (Fsp3) is 0.833. The van der Waals surface area contributed by atoms with E-state index in [2.05, 4.69) is 16.6 Å². The molecule has 0 aromatic rings. The number of ether oxygens (including phenoxy) is 2. The van der Waals surface area contributed by atoms with E-state index in [9.17, 15) is 0 Å². The lowest BCUT2D eigenvalue weighted by Gasteiger charge is -2.12. The average molecular weight is 230 g/mol. The summed E-state index contributed by atoms with van der Waals surface area (Å²) in [5, 5.41) is 17.4. The molecule has 4 nitrogen and oxygen atoms in total. The standard InChI is InChI=1S/C8H12O2.C4H10O2/c1-2-3-7-4-5-10-8(7)6-9;1-4(2,5)6-3/h7-9H,4-6H2,1H3;5H,1-3H3. The molecule has 0 bridgehead atoms. The van der Waals surface area contributed by atoms with Gasteiger partial charge >= 0.3 is 0 Å². The first-order valence-corrected chi connectivity index (χ1v) is 5.37. The Hall–Kier alpha value is -0.600. The van der Waals surface area contributed by atoms with Gasteiger partial charge in [0, 0.05) is 13.7 Å². The fourth-order valence-electron chi connectivity index (χ4n) is 1.18. The molecule has 1 aliphatic heterocycles. The van der Waals surface area contributed by atoms with Crippen molar-refractivity contribution in [1.29, 1.82) is 0 Å². The minimum atomic E-state index is -0.958. The highest BCUT2D eigenvalue weighted by molar-refractivity contribution is 5.05. The van der Waals surface area contributed by atoms with Crippen molar-refractivity contribution in [3.8, 4) is 11.8 Å². The van der Waals surface area contributed by atoms with Crippen molar-refractivity contribution in [3.05, 3.63) is 0 Å². The van der Waals surface area contributed by atoms with Crippen LogP contribution in [-0.4, -0.2) is 42.4 Å². The lowest BCUT2D eigenvalue weighted by molar-refractivity contribution is -0.155. The minimum Gasteiger partial charge on any atom is -0.394 e. The van der Waals surface area contributed by atoms with Crippen molar-refractivity contribution in [2.24, 2.45) is 5.92 Å². The number of aliphatic hydroxyl groups is 2. The van der Waals surface area contributed by atoms with Crippen molar-refractivity contribution in [3.63, 3.8) is 0 Å².